The van der Waals surface area contributed by atoms with E-state index in [4.69, 9.17) is 4.74 Å². The third-order valence-corrected chi connectivity index (χ3v) is 6.47. The molecule has 7 heteroatoms. The lowest BCUT2D eigenvalue weighted by Gasteiger charge is -2.34. The van der Waals surface area contributed by atoms with Gasteiger partial charge in [-0.15, -0.1) is 0 Å². The first-order valence-corrected chi connectivity index (χ1v) is 8.87. The number of carbonyl (C=O) groups is 3. The molecule has 26 heavy (non-hydrogen) atoms. The minimum absolute atomic E-state index is 0.00889. The number of nitrogens with zero attached hydrogens (tertiary/aromatic N) is 1. The average Bonchev–Trinajstić information content (AvgIpc) is 3.21. The quantitative estimate of drug-likeness (QED) is 0.479. The minimum atomic E-state index is -0.687. The summed E-state index contributed by atoms with van der Waals surface area (Å²) in [5.74, 6) is -0.720. The number of nitrogens with one attached hydrogen (secondary N) is 2. The van der Waals surface area contributed by atoms with Gasteiger partial charge in [0, 0.05) is 22.9 Å². The Morgan fingerprint density at radius 3 is 2.62 bits per heavy atom. The molecule has 0 saturated heterocycles. The number of esters is 1. The van der Waals surface area contributed by atoms with Crippen LogP contribution in [-0.4, -0.2) is 35.0 Å². The molecule has 2 fully saturated rings. The van der Waals surface area contributed by atoms with Gasteiger partial charge in [0.1, 0.15) is 5.69 Å². The summed E-state index contributed by atoms with van der Waals surface area (Å²) in [6.45, 7) is 7.73. The van der Waals surface area contributed by atoms with Crippen molar-refractivity contribution in [2.45, 2.75) is 47.0 Å². The van der Waals surface area contributed by atoms with Gasteiger partial charge in [0.05, 0.1) is 0 Å². The number of hydrazone groups is 1. The van der Waals surface area contributed by atoms with E-state index in [0.717, 1.165) is 18.6 Å². The van der Waals surface area contributed by atoms with Gasteiger partial charge in [-0.3, -0.25) is 9.59 Å². The van der Waals surface area contributed by atoms with Crippen molar-refractivity contribution in [2.75, 3.05) is 6.61 Å². The van der Waals surface area contributed by atoms with Crippen molar-refractivity contribution in [1.82, 2.24) is 10.4 Å². The van der Waals surface area contributed by atoms with Crippen molar-refractivity contribution in [2.24, 2.45) is 21.8 Å². The Bertz CT molecular complexity index is 792. The largest absolute Gasteiger partial charge is 0.451 e. The smallest absolute Gasteiger partial charge is 0.355 e. The van der Waals surface area contributed by atoms with Gasteiger partial charge < -0.3 is 9.72 Å². The van der Waals surface area contributed by atoms with Gasteiger partial charge >= 0.3 is 5.97 Å². The number of H-pyrrole nitrogens is 1. The number of aromatic nitrogens is 1. The lowest BCUT2D eigenvalue weighted by atomic mass is 9.70. The predicted molar refractivity (Wildman–Crippen MR) is 95.9 cm³/mol. The van der Waals surface area contributed by atoms with Crippen LogP contribution in [0.25, 0.3) is 0 Å². The molecule has 2 bridgehead atoms. The van der Waals surface area contributed by atoms with Gasteiger partial charge in [0.25, 0.3) is 5.91 Å². The van der Waals surface area contributed by atoms with Crippen LogP contribution >= 0.6 is 0 Å². The maximum atomic E-state index is 12.0. The van der Waals surface area contributed by atoms with Crippen molar-refractivity contribution >= 4 is 23.4 Å². The van der Waals surface area contributed by atoms with E-state index in [1.54, 1.807) is 0 Å². The molecule has 0 aliphatic heterocycles. The second kappa shape index (κ2) is 6.37. The highest BCUT2D eigenvalue weighted by Crippen LogP contribution is 2.63. The van der Waals surface area contributed by atoms with Gasteiger partial charge in [-0.05, 0) is 43.6 Å². The van der Waals surface area contributed by atoms with Crippen molar-refractivity contribution in [1.29, 1.82) is 0 Å². The van der Waals surface area contributed by atoms with Crippen LogP contribution in [0.15, 0.2) is 17.4 Å². The van der Waals surface area contributed by atoms with Crippen LogP contribution in [0.3, 0.4) is 0 Å². The first-order valence-electron chi connectivity index (χ1n) is 8.87. The van der Waals surface area contributed by atoms with E-state index in [9.17, 15) is 14.4 Å². The zero-order valence-corrected chi connectivity index (χ0v) is 15.6. The molecule has 2 aliphatic rings. The van der Waals surface area contributed by atoms with Crippen LogP contribution in [0.1, 0.15) is 67.8 Å². The molecule has 1 aromatic heterocycles. The van der Waals surface area contributed by atoms with E-state index in [1.165, 1.54) is 25.6 Å². The molecule has 0 spiro atoms. The average molecular weight is 359 g/mol. The molecule has 2 unspecified atom stereocenters. The molecule has 0 radical (unpaired) electrons. The first kappa shape index (κ1) is 18.4. The molecular formula is C19H25N3O4. The fraction of sp³-hybridized carbons (Fsp3) is 0.579. The molecule has 2 N–H and O–H groups in total. The highest BCUT2D eigenvalue weighted by molar-refractivity contribution is 5.98. The Morgan fingerprint density at radius 1 is 1.35 bits per heavy atom. The predicted octanol–water partition coefficient (Wildman–Crippen LogP) is 2.69. The van der Waals surface area contributed by atoms with E-state index >= 15 is 0 Å². The lowest BCUT2D eigenvalue weighted by molar-refractivity contribution is -0.124. The fourth-order valence-electron chi connectivity index (χ4n) is 4.18. The van der Waals surface area contributed by atoms with Crippen molar-refractivity contribution in [3.05, 3.63) is 23.5 Å². The number of carbonyl (C=O) groups excluding carboxylic acids is 3. The summed E-state index contributed by atoms with van der Waals surface area (Å²) in [5, 5.41) is 4.32. The molecule has 140 valence electrons. The van der Waals surface area contributed by atoms with Crippen LogP contribution in [-0.2, 0) is 9.53 Å². The second-order valence-electron chi connectivity index (χ2n) is 8.02. The molecule has 0 aromatic carbocycles. The standard InChI is InChI=1S/C19H25N3O4/c1-11(23)12-7-14(20-9-12)17(25)26-10-16(24)22-21-15-8-13-5-6-19(15,4)18(13,2)3/h7,9,13,20H,5-6,8,10H2,1-4H3,(H,22,24)/b21-15-. The number of ketones is 1. The van der Waals surface area contributed by atoms with Gasteiger partial charge in [0.15, 0.2) is 12.4 Å². The fourth-order valence-corrected chi connectivity index (χ4v) is 4.18. The van der Waals surface area contributed by atoms with Crippen LogP contribution < -0.4 is 5.43 Å². The summed E-state index contributed by atoms with van der Waals surface area (Å²) in [6, 6.07) is 1.40. The monoisotopic (exact) mass is 359 g/mol. The number of Topliss-reactive ketones (excluding diaryl/α,β-unsaturated/α-hetero) is 1. The number of rotatable bonds is 5. The molecule has 1 heterocycles. The number of hydrogen-bond acceptors (Lipinski definition) is 5. The van der Waals surface area contributed by atoms with E-state index in [1.807, 2.05) is 0 Å². The Kier molecular flexibility index (Phi) is 4.50. The van der Waals surface area contributed by atoms with E-state index in [0.29, 0.717) is 11.5 Å². The number of hydrogen-bond donors (Lipinski definition) is 2. The van der Waals surface area contributed by atoms with Gasteiger partial charge in [-0.1, -0.05) is 20.8 Å². The number of fused-ring (bicyclic) bond motifs is 2. The van der Waals surface area contributed by atoms with Crippen molar-refractivity contribution in [3.63, 3.8) is 0 Å². The summed E-state index contributed by atoms with van der Waals surface area (Å²) in [4.78, 5) is 37.8. The van der Waals surface area contributed by atoms with Crippen LogP contribution in [0.2, 0.25) is 0 Å². The third kappa shape index (κ3) is 2.95. The third-order valence-electron chi connectivity index (χ3n) is 6.47. The van der Waals surface area contributed by atoms with E-state index < -0.39 is 18.5 Å². The van der Waals surface area contributed by atoms with Crippen LogP contribution in [0.4, 0.5) is 0 Å². The molecule has 1 aromatic rings. The zero-order chi connectivity index (χ0) is 19.1. The van der Waals surface area contributed by atoms with Gasteiger partial charge in [-0.2, -0.15) is 5.10 Å². The second-order valence-corrected chi connectivity index (χ2v) is 8.02. The minimum Gasteiger partial charge on any atom is -0.451 e. The summed E-state index contributed by atoms with van der Waals surface area (Å²) in [7, 11) is 0. The van der Waals surface area contributed by atoms with Gasteiger partial charge in [0.2, 0.25) is 0 Å². The molecule has 2 saturated carbocycles. The summed E-state index contributed by atoms with van der Waals surface area (Å²) in [5.41, 5.74) is 4.25. The first-order chi connectivity index (χ1) is 12.1. The van der Waals surface area contributed by atoms with E-state index in [2.05, 4.69) is 36.3 Å². The molecule has 1 amide bonds. The normalized spacial score (nSPS) is 27.5. The molecule has 2 aliphatic carbocycles. The topological polar surface area (TPSA) is 101 Å². The highest BCUT2D eigenvalue weighted by atomic mass is 16.5. The van der Waals surface area contributed by atoms with E-state index in [-0.39, 0.29) is 22.3 Å². The molecule has 3 rings (SSSR count). The summed E-state index contributed by atoms with van der Waals surface area (Å²) in [6.07, 6.45) is 4.62. The Labute approximate surface area is 152 Å². The highest BCUT2D eigenvalue weighted by Gasteiger charge is 2.60. The van der Waals surface area contributed by atoms with Gasteiger partial charge in [-0.25, -0.2) is 10.2 Å². The Balaban J connectivity index is 1.53. The SMILES string of the molecule is CC(=O)c1c[nH]c(C(=O)OCC(=O)N/N=C2/CC3CCC2(C)C3(C)C)c1. The molecule has 7 nitrogen and oxygen atoms in total. The molecule has 2 atom stereocenters. The van der Waals surface area contributed by atoms with Crippen LogP contribution in [0, 0.1) is 16.7 Å². The Morgan fingerprint density at radius 2 is 2.08 bits per heavy atom. The Hall–Kier alpha value is -2.44. The lowest BCUT2D eigenvalue weighted by Crippen LogP contribution is -2.34. The zero-order valence-electron chi connectivity index (χ0n) is 15.6. The maximum Gasteiger partial charge on any atom is 0.355 e. The number of amides is 1. The summed E-state index contributed by atoms with van der Waals surface area (Å²) < 4.78 is 4.96. The molecular weight excluding hydrogens is 334 g/mol. The van der Waals surface area contributed by atoms with Crippen LogP contribution in [0.5, 0.6) is 0 Å². The summed E-state index contributed by atoms with van der Waals surface area (Å²) >= 11 is 0. The van der Waals surface area contributed by atoms with Crippen molar-refractivity contribution < 1.29 is 19.1 Å². The number of aromatic amines is 1. The number of ether oxygens (including phenoxy) is 1. The maximum absolute atomic E-state index is 12.0. The van der Waals surface area contributed by atoms with Crippen molar-refractivity contribution in [3.8, 4) is 0 Å².